The first kappa shape index (κ1) is 17.1. The van der Waals surface area contributed by atoms with Gasteiger partial charge in [-0.25, -0.2) is 0 Å². The lowest BCUT2D eigenvalue weighted by atomic mass is 9.48. The van der Waals surface area contributed by atoms with Crippen molar-refractivity contribution >= 4 is 17.5 Å². The molecule has 3 rings (SSSR count). The van der Waals surface area contributed by atoms with Crippen molar-refractivity contribution in [3.8, 4) is 0 Å². The third-order valence-electron chi connectivity index (χ3n) is 6.43. The Kier molecular flexibility index (Phi) is 3.85. The fraction of sp³-hybridized carbons (Fsp3) is 0.650. The highest BCUT2D eigenvalue weighted by atomic mass is 16.4. The largest absolute Gasteiger partial charge is 0.481 e. The van der Waals surface area contributed by atoms with Gasteiger partial charge in [0.1, 0.15) is 5.41 Å². The second-order valence-corrected chi connectivity index (χ2v) is 8.52. The number of hydrogen-bond donors (Lipinski definition) is 1. The topological polar surface area (TPSA) is 71.4 Å². The Labute approximate surface area is 143 Å². The van der Waals surface area contributed by atoms with Crippen molar-refractivity contribution in [1.29, 1.82) is 0 Å². The number of ketones is 2. The van der Waals surface area contributed by atoms with E-state index in [-0.39, 0.29) is 17.3 Å². The van der Waals surface area contributed by atoms with Crippen LogP contribution in [-0.4, -0.2) is 22.6 Å². The van der Waals surface area contributed by atoms with Gasteiger partial charge in [0, 0.05) is 11.1 Å². The van der Waals surface area contributed by atoms with E-state index >= 15 is 0 Å². The van der Waals surface area contributed by atoms with Crippen molar-refractivity contribution in [3.05, 3.63) is 22.8 Å². The van der Waals surface area contributed by atoms with Crippen LogP contribution in [0.5, 0.6) is 0 Å². The van der Waals surface area contributed by atoms with Crippen LogP contribution in [0.15, 0.2) is 22.8 Å². The van der Waals surface area contributed by atoms with E-state index in [2.05, 4.69) is 13.8 Å². The molecule has 0 spiro atoms. The van der Waals surface area contributed by atoms with Gasteiger partial charge in [0.2, 0.25) is 11.6 Å². The Morgan fingerprint density at radius 3 is 2.46 bits per heavy atom. The summed E-state index contributed by atoms with van der Waals surface area (Å²) in [6.07, 6.45) is 5.46. The Hall–Kier alpha value is -1.71. The average molecular weight is 330 g/mol. The Balaban J connectivity index is 2.25. The Bertz CT molecular complexity index is 692. The second kappa shape index (κ2) is 5.40. The zero-order valence-corrected chi connectivity index (χ0v) is 14.9. The van der Waals surface area contributed by atoms with Crippen LogP contribution in [0.25, 0.3) is 0 Å². The molecule has 130 valence electrons. The van der Waals surface area contributed by atoms with Crippen molar-refractivity contribution in [1.82, 2.24) is 0 Å². The van der Waals surface area contributed by atoms with Crippen LogP contribution in [0.1, 0.15) is 59.8 Å². The van der Waals surface area contributed by atoms with Gasteiger partial charge in [0.15, 0.2) is 0 Å². The van der Waals surface area contributed by atoms with E-state index in [1.54, 1.807) is 0 Å². The number of hydrogen-bond acceptors (Lipinski definition) is 3. The molecular weight excluding hydrogens is 304 g/mol. The van der Waals surface area contributed by atoms with E-state index in [4.69, 9.17) is 0 Å². The lowest BCUT2D eigenvalue weighted by Gasteiger charge is -2.53. The van der Waals surface area contributed by atoms with Gasteiger partial charge in [-0.15, -0.1) is 0 Å². The zero-order chi connectivity index (χ0) is 17.9. The van der Waals surface area contributed by atoms with Crippen LogP contribution in [0, 0.1) is 22.7 Å². The zero-order valence-electron chi connectivity index (χ0n) is 14.9. The molecule has 0 radical (unpaired) electrons. The molecule has 0 aromatic rings. The Morgan fingerprint density at radius 1 is 1.21 bits per heavy atom. The minimum Gasteiger partial charge on any atom is -0.481 e. The molecule has 4 nitrogen and oxygen atoms in total. The molecule has 1 fully saturated rings. The van der Waals surface area contributed by atoms with Gasteiger partial charge in [0.05, 0.1) is 0 Å². The summed E-state index contributed by atoms with van der Waals surface area (Å²) >= 11 is 0. The number of allylic oxidation sites excluding steroid dienone is 3. The molecule has 0 aromatic heterocycles. The van der Waals surface area contributed by atoms with E-state index in [9.17, 15) is 19.5 Å². The highest BCUT2D eigenvalue weighted by molar-refractivity contribution is 6.51. The molecule has 0 bridgehead atoms. The molecular formula is C20H26O4. The van der Waals surface area contributed by atoms with Gasteiger partial charge in [0.25, 0.3) is 0 Å². The molecule has 1 N–H and O–H groups in total. The predicted molar refractivity (Wildman–Crippen MR) is 90.4 cm³/mol. The number of carboxylic acid groups (broad SMARTS) is 1. The standard InChI is InChI=1S/C20H26O4/c1-11(2)13-10-12-6-7-14-19(3,4)8-5-9-20(14,18(23)24)15(12)17(22)16(13)21/h10-11,14H,5-9H2,1-4H3,(H,23,24)/t14-,20?/m0/s1. The maximum Gasteiger partial charge on any atom is 0.314 e. The molecule has 0 aromatic carbocycles. The molecule has 4 heteroatoms. The fourth-order valence-electron chi connectivity index (χ4n) is 5.27. The van der Waals surface area contributed by atoms with Crippen LogP contribution < -0.4 is 0 Å². The summed E-state index contributed by atoms with van der Waals surface area (Å²) < 4.78 is 0. The SMILES string of the molecule is CC(C)C1=CC2=C(C(=O)C1=O)C1(C(=O)O)CCCC(C)(C)[C@@H]1CC2. The lowest BCUT2D eigenvalue weighted by molar-refractivity contribution is -0.159. The van der Waals surface area contributed by atoms with Gasteiger partial charge in [-0.05, 0) is 48.5 Å². The molecule has 1 unspecified atom stereocenters. The highest BCUT2D eigenvalue weighted by Gasteiger charge is 2.60. The summed E-state index contributed by atoms with van der Waals surface area (Å²) in [6, 6.07) is 0. The van der Waals surface area contributed by atoms with Gasteiger partial charge in [-0.3, -0.25) is 14.4 Å². The maximum atomic E-state index is 12.9. The van der Waals surface area contributed by atoms with E-state index < -0.39 is 23.0 Å². The number of Topliss-reactive ketones (excluding diaryl/α,β-unsaturated/α-hetero) is 2. The molecule has 3 aliphatic carbocycles. The molecule has 2 atom stereocenters. The molecule has 1 saturated carbocycles. The van der Waals surface area contributed by atoms with E-state index in [0.717, 1.165) is 24.8 Å². The lowest BCUT2D eigenvalue weighted by Crippen LogP contribution is -2.54. The summed E-state index contributed by atoms with van der Waals surface area (Å²) in [5.74, 6) is -2.14. The van der Waals surface area contributed by atoms with E-state index in [1.165, 1.54) is 0 Å². The number of carboxylic acids is 1. The number of carbonyl (C=O) groups is 3. The average Bonchev–Trinajstić information content (AvgIpc) is 2.49. The van der Waals surface area contributed by atoms with Gasteiger partial charge < -0.3 is 5.11 Å². The maximum absolute atomic E-state index is 12.9. The van der Waals surface area contributed by atoms with Crippen molar-refractivity contribution in [2.75, 3.05) is 0 Å². The Morgan fingerprint density at radius 2 is 1.88 bits per heavy atom. The van der Waals surface area contributed by atoms with Crippen LogP contribution in [0.3, 0.4) is 0 Å². The monoisotopic (exact) mass is 330 g/mol. The summed E-state index contributed by atoms with van der Waals surface area (Å²) in [5, 5.41) is 10.2. The fourth-order valence-corrected chi connectivity index (χ4v) is 5.27. The summed E-state index contributed by atoms with van der Waals surface area (Å²) in [7, 11) is 0. The minimum absolute atomic E-state index is 0.0307. The molecule has 3 aliphatic rings. The normalized spacial score (nSPS) is 32.4. The van der Waals surface area contributed by atoms with Crippen LogP contribution >= 0.6 is 0 Å². The summed E-state index contributed by atoms with van der Waals surface area (Å²) in [4.78, 5) is 37.9. The van der Waals surface area contributed by atoms with Crippen molar-refractivity contribution < 1.29 is 19.5 Å². The molecule has 24 heavy (non-hydrogen) atoms. The molecule has 0 amide bonds. The number of fused-ring (bicyclic) bond motifs is 2. The number of aliphatic carboxylic acids is 1. The van der Waals surface area contributed by atoms with Crippen molar-refractivity contribution in [2.24, 2.45) is 22.7 Å². The first-order chi connectivity index (χ1) is 11.1. The van der Waals surface area contributed by atoms with E-state index in [1.807, 2.05) is 19.9 Å². The van der Waals surface area contributed by atoms with Gasteiger partial charge >= 0.3 is 5.97 Å². The van der Waals surface area contributed by atoms with Gasteiger partial charge in [-0.2, -0.15) is 0 Å². The van der Waals surface area contributed by atoms with Crippen LogP contribution in [0.4, 0.5) is 0 Å². The third-order valence-corrected chi connectivity index (χ3v) is 6.43. The quantitative estimate of drug-likeness (QED) is 0.619. The predicted octanol–water partition coefficient (Wildman–Crippen LogP) is 3.71. The smallest absolute Gasteiger partial charge is 0.314 e. The summed E-state index contributed by atoms with van der Waals surface area (Å²) in [6.45, 7) is 7.99. The molecule has 0 heterocycles. The molecule has 0 saturated heterocycles. The van der Waals surface area contributed by atoms with Crippen molar-refractivity contribution in [2.45, 2.75) is 59.8 Å². The first-order valence-electron chi connectivity index (χ1n) is 8.90. The molecule has 0 aliphatic heterocycles. The highest BCUT2D eigenvalue weighted by Crippen LogP contribution is 2.60. The second-order valence-electron chi connectivity index (χ2n) is 8.52. The number of rotatable bonds is 2. The third kappa shape index (κ3) is 2.15. The minimum atomic E-state index is -1.19. The van der Waals surface area contributed by atoms with Gasteiger partial charge in [-0.1, -0.05) is 40.2 Å². The van der Waals surface area contributed by atoms with Crippen molar-refractivity contribution in [3.63, 3.8) is 0 Å². The van der Waals surface area contributed by atoms with Crippen LogP contribution in [0.2, 0.25) is 0 Å². The van der Waals surface area contributed by atoms with E-state index in [0.29, 0.717) is 24.0 Å². The first-order valence-corrected chi connectivity index (χ1v) is 8.90. The number of carbonyl (C=O) groups excluding carboxylic acids is 2. The van der Waals surface area contributed by atoms with Crippen LogP contribution in [-0.2, 0) is 14.4 Å². The summed E-state index contributed by atoms with van der Waals surface area (Å²) in [5.41, 5.74) is 0.280.